The molecule has 0 fully saturated rings. The van der Waals surface area contributed by atoms with Crippen LogP contribution < -0.4 is 19.5 Å². The monoisotopic (exact) mass is 468 g/mol. The van der Waals surface area contributed by atoms with E-state index in [1.807, 2.05) is 30.3 Å². The summed E-state index contributed by atoms with van der Waals surface area (Å²) in [5, 5.41) is 2.74. The maximum atomic E-state index is 13.5. The standard InChI is InChI=1S/C24H24N2O6S/c1-30-20-9-7-19(8-10-20)25-24(27)17-26(16-18-5-3-2-4-6-18)33(28,29)21-11-12-22-23(15-21)32-14-13-31-22/h2-12,15H,13-14,16-17H2,1H3,(H,25,27). The van der Waals surface area contributed by atoms with Gasteiger partial charge >= 0.3 is 0 Å². The summed E-state index contributed by atoms with van der Waals surface area (Å²) < 4.78 is 44.3. The number of benzene rings is 3. The first-order valence-electron chi connectivity index (χ1n) is 10.3. The zero-order valence-corrected chi connectivity index (χ0v) is 18.9. The maximum Gasteiger partial charge on any atom is 0.243 e. The number of hydrogen-bond acceptors (Lipinski definition) is 6. The average molecular weight is 469 g/mol. The van der Waals surface area contributed by atoms with Crippen LogP contribution in [-0.2, 0) is 21.4 Å². The molecule has 0 saturated carbocycles. The number of sulfonamides is 1. The summed E-state index contributed by atoms with van der Waals surface area (Å²) in [6.07, 6.45) is 0. The van der Waals surface area contributed by atoms with Gasteiger partial charge in [-0.3, -0.25) is 4.79 Å². The van der Waals surface area contributed by atoms with Crippen molar-refractivity contribution in [2.45, 2.75) is 11.4 Å². The Labute approximate surface area is 192 Å². The zero-order valence-electron chi connectivity index (χ0n) is 18.1. The lowest BCUT2D eigenvalue weighted by Gasteiger charge is -2.24. The molecule has 0 aromatic heterocycles. The molecular formula is C24H24N2O6S. The molecule has 0 radical (unpaired) electrons. The second-order valence-electron chi connectivity index (χ2n) is 7.34. The van der Waals surface area contributed by atoms with Crippen LogP contribution in [0.15, 0.2) is 77.7 Å². The highest BCUT2D eigenvalue weighted by Gasteiger charge is 2.28. The van der Waals surface area contributed by atoms with Gasteiger partial charge in [0, 0.05) is 18.3 Å². The molecule has 3 aromatic carbocycles. The Morgan fingerprint density at radius 1 is 0.970 bits per heavy atom. The van der Waals surface area contributed by atoms with E-state index in [9.17, 15) is 13.2 Å². The molecule has 1 amide bonds. The van der Waals surface area contributed by atoms with Crippen molar-refractivity contribution in [3.8, 4) is 17.2 Å². The lowest BCUT2D eigenvalue weighted by atomic mass is 10.2. The number of methoxy groups -OCH3 is 1. The Morgan fingerprint density at radius 3 is 2.36 bits per heavy atom. The molecule has 1 aliphatic rings. The lowest BCUT2D eigenvalue weighted by molar-refractivity contribution is -0.116. The summed E-state index contributed by atoms with van der Waals surface area (Å²) in [5.41, 5.74) is 1.30. The first-order chi connectivity index (χ1) is 16.0. The van der Waals surface area contributed by atoms with Gasteiger partial charge in [0.15, 0.2) is 11.5 Å². The van der Waals surface area contributed by atoms with E-state index in [1.165, 1.54) is 12.1 Å². The Morgan fingerprint density at radius 2 is 1.67 bits per heavy atom. The molecule has 0 spiro atoms. The van der Waals surface area contributed by atoms with Gasteiger partial charge in [0.2, 0.25) is 15.9 Å². The molecule has 0 unspecified atom stereocenters. The van der Waals surface area contributed by atoms with E-state index in [2.05, 4.69) is 5.32 Å². The number of amides is 1. The number of nitrogens with zero attached hydrogens (tertiary/aromatic N) is 1. The number of ether oxygens (including phenoxy) is 3. The van der Waals surface area contributed by atoms with Crippen molar-refractivity contribution < 1.29 is 27.4 Å². The zero-order chi connectivity index (χ0) is 23.3. The molecule has 1 heterocycles. The van der Waals surface area contributed by atoms with Crippen LogP contribution in [0.25, 0.3) is 0 Å². The fraction of sp³-hybridized carbons (Fsp3) is 0.208. The fourth-order valence-corrected chi connectivity index (χ4v) is 4.78. The van der Waals surface area contributed by atoms with Gasteiger partial charge in [-0.15, -0.1) is 0 Å². The molecule has 0 saturated heterocycles. The van der Waals surface area contributed by atoms with Crippen LogP contribution >= 0.6 is 0 Å². The van der Waals surface area contributed by atoms with E-state index in [0.717, 1.165) is 9.87 Å². The van der Waals surface area contributed by atoms with E-state index < -0.39 is 15.9 Å². The van der Waals surface area contributed by atoms with Gasteiger partial charge in [-0.25, -0.2) is 8.42 Å². The van der Waals surface area contributed by atoms with Gasteiger partial charge in [0.05, 0.1) is 18.6 Å². The molecule has 1 N–H and O–H groups in total. The van der Waals surface area contributed by atoms with Gasteiger partial charge in [-0.2, -0.15) is 4.31 Å². The number of hydrogen-bond donors (Lipinski definition) is 1. The number of rotatable bonds is 8. The third-order valence-electron chi connectivity index (χ3n) is 5.05. The van der Waals surface area contributed by atoms with Crippen LogP contribution in [0.2, 0.25) is 0 Å². The van der Waals surface area contributed by atoms with Gasteiger partial charge in [-0.1, -0.05) is 30.3 Å². The van der Waals surface area contributed by atoms with Crippen LogP contribution in [0.4, 0.5) is 5.69 Å². The van der Waals surface area contributed by atoms with Crippen LogP contribution in [0.1, 0.15) is 5.56 Å². The van der Waals surface area contributed by atoms with Crippen LogP contribution in [0.5, 0.6) is 17.2 Å². The summed E-state index contributed by atoms with van der Waals surface area (Å²) in [7, 11) is -2.46. The summed E-state index contributed by atoms with van der Waals surface area (Å²) >= 11 is 0. The molecule has 0 atom stereocenters. The Kier molecular flexibility index (Phi) is 6.81. The Bertz CT molecular complexity index is 1210. The van der Waals surface area contributed by atoms with Crippen molar-refractivity contribution >= 4 is 21.6 Å². The second-order valence-corrected chi connectivity index (χ2v) is 9.28. The highest BCUT2D eigenvalue weighted by molar-refractivity contribution is 7.89. The number of fused-ring (bicyclic) bond motifs is 1. The molecule has 4 rings (SSSR count). The number of anilines is 1. The van der Waals surface area contributed by atoms with Gasteiger partial charge in [-0.05, 0) is 42.0 Å². The third-order valence-corrected chi connectivity index (χ3v) is 6.83. The van der Waals surface area contributed by atoms with Gasteiger partial charge in [0.1, 0.15) is 19.0 Å². The first kappa shape index (κ1) is 22.6. The molecule has 172 valence electrons. The molecule has 9 heteroatoms. The normalized spacial score (nSPS) is 12.9. The Hall–Kier alpha value is -3.56. The van der Waals surface area contributed by atoms with E-state index in [-0.39, 0.29) is 18.0 Å². The lowest BCUT2D eigenvalue weighted by Crippen LogP contribution is -2.37. The predicted octanol–water partition coefficient (Wildman–Crippen LogP) is 3.30. The Balaban J connectivity index is 1.59. The van der Waals surface area contributed by atoms with E-state index >= 15 is 0 Å². The van der Waals surface area contributed by atoms with Gasteiger partial charge < -0.3 is 19.5 Å². The molecule has 3 aromatic rings. The van der Waals surface area contributed by atoms with Crippen LogP contribution in [-0.4, -0.2) is 45.5 Å². The summed E-state index contributed by atoms with van der Waals surface area (Å²) in [6.45, 7) is 0.421. The van der Waals surface area contributed by atoms with Crippen molar-refractivity contribution in [3.05, 3.63) is 78.4 Å². The van der Waals surface area contributed by atoms with Crippen molar-refractivity contribution in [2.75, 3.05) is 32.2 Å². The van der Waals surface area contributed by atoms with Crippen molar-refractivity contribution in [1.82, 2.24) is 4.31 Å². The topological polar surface area (TPSA) is 94.2 Å². The fourth-order valence-electron chi connectivity index (χ4n) is 3.38. The summed E-state index contributed by atoms with van der Waals surface area (Å²) in [6, 6.07) is 20.4. The first-order valence-corrected chi connectivity index (χ1v) is 11.8. The number of carbonyl (C=O) groups is 1. The molecule has 0 bridgehead atoms. The predicted molar refractivity (Wildman–Crippen MR) is 123 cm³/mol. The highest BCUT2D eigenvalue weighted by Crippen LogP contribution is 2.33. The molecule has 8 nitrogen and oxygen atoms in total. The summed E-state index contributed by atoms with van der Waals surface area (Å²) in [5.74, 6) is 1.05. The van der Waals surface area contributed by atoms with Crippen LogP contribution in [0, 0.1) is 0 Å². The van der Waals surface area contributed by atoms with E-state index in [1.54, 1.807) is 37.4 Å². The SMILES string of the molecule is COc1ccc(NC(=O)CN(Cc2ccccc2)S(=O)(=O)c2ccc3c(c2)OCCO3)cc1. The summed E-state index contributed by atoms with van der Waals surface area (Å²) in [4.78, 5) is 12.8. The number of nitrogens with one attached hydrogen (secondary N) is 1. The van der Waals surface area contributed by atoms with Crippen molar-refractivity contribution in [2.24, 2.45) is 0 Å². The molecule has 1 aliphatic heterocycles. The molecule has 0 aliphatic carbocycles. The third kappa shape index (κ3) is 5.44. The maximum absolute atomic E-state index is 13.5. The largest absolute Gasteiger partial charge is 0.497 e. The second kappa shape index (κ2) is 9.93. The van der Waals surface area contributed by atoms with Crippen LogP contribution in [0.3, 0.4) is 0 Å². The van der Waals surface area contributed by atoms with Crippen molar-refractivity contribution in [1.29, 1.82) is 0 Å². The minimum absolute atomic E-state index is 0.0277. The van der Waals surface area contributed by atoms with E-state index in [4.69, 9.17) is 14.2 Å². The van der Waals surface area contributed by atoms with Crippen molar-refractivity contribution in [3.63, 3.8) is 0 Å². The van der Waals surface area contributed by atoms with E-state index in [0.29, 0.717) is 36.1 Å². The van der Waals surface area contributed by atoms with Gasteiger partial charge in [0.25, 0.3) is 0 Å². The minimum Gasteiger partial charge on any atom is -0.497 e. The average Bonchev–Trinajstić information content (AvgIpc) is 2.84. The molecular weight excluding hydrogens is 444 g/mol. The quantitative estimate of drug-likeness (QED) is 0.545. The molecule has 33 heavy (non-hydrogen) atoms. The minimum atomic E-state index is -4.01. The number of carbonyl (C=O) groups excluding carboxylic acids is 1. The smallest absolute Gasteiger partial charge is 0.243 e. The highest BCUT2D eigenvalue weighted by atomic mass is 32.2.